The summed E-state index contributed by atoms with van der Waals surface area (Å²) >= 11 is 9.57. The largest absolute Gasteiger partial charge is 0.453 e. The first-order valence-electron chi connectivity index (χ1n) is 12.2. The second kappa shape index (κ2) is 10.6. The van der Waals surface area contributed by atoms with Crippen molar-refractivity contribution in [2.75, 3.05) is 43.9 Å². The zero-order valence-corrected chi connectivity index (χ0v) is 22.5. The molecule has 2 aliphatic heterocycles. The van der Waals surface area contributed by atoms with Crippen LogP contribution in [0.4, 0.5) is 10.5 Å². The molecule has 1 aromatic heterocycles. The van der Waals surface area contributed by atoms with E-state index in [9.17, 15) is 14.4 Å². The number of methoxy groups -OCH3 is 1. The third-order valence-corrected chi connectivity index (χ3v) is 9.53. The topological polar surface area (TPSA) is 91.8 Å². The highest BCUT2D eigenvalue weighted by molar-refractivity contribution is 8.01. The predicted molar refractivity (Wildman–Crippen MR) is 141 cm³/mol. The average molecular weight is 549 g/mol. The fourth-order valence-electron chi connectivity index (χ4n) is 4.98. The van der Waals surface area contributed by atoms with Gasteiger partial charge in [-0.25, -0.2) is 9.78 Å². The maximum absolute atomic E-state index is 13.4. The fraction of sp³-hybridized carbons (Fsp3) is 0.520. The Hall–Kier alpha value is -2.30. The van der Waals surface area contributed by atoms with Gasteiger partial charge in [0.2, 0.25) is 11.8 Å². The van der Waals surface area contributed by atoms with Crippen LogP contribution in [-0.4, -0.2) is 66.8 Å². The van der Waals surface area contributed by atoms with Gasteiger partial charge >= 0.3 is 6.09 Å². The second-order valence-electron chi connectivity index (χ2n) is 9.58. The van der Waals surface area contributed by atoms with E-state index < -0.39 is 0 Å². The van der Waals surface area contributed by atoms with Gasteiger partial charge in [-0.15, -0.1) is 23.1 Å². The molecule has 2 aromatic rings. The number of hydrogen-bond donors (Lipinski definition) is 1. The number of nitrogens with one attached hydrogen (secondary N) is 1. The number of halogens is 1. The van der Waals surface area contributed by atoms with Crippen LogP contribution in [0.3, 0.4) is 0 Å². The van der Waals surface area contributed by atoms with E-state index in [0.29, 0.717) is 31.2 Å². The van der Waals surface area contributed by atoms with E-state index in [1.165, 1.54) is 7.11 Å². The second-order valence-corrected chi connectivity index (χ2v) is 12.5. The minimum absolute atomic E-state index is 0.0133. The number of amides is 3. The quantitative estimate of drug-likeness (QED) is 0.394. The standard InChI is InChI=1S/C25H29ClN4O4S2/c1-34-24(33)29-9-7-25(14-29)15-30(19-6-5-17(26)11-18(19)25)21(31)12-20-28-13-22(36-20)35-10-2-8-27-23(32)16-3-4-16/h5-6,11,13,16H,2-4,7-10,12,14-15H2,1H3,(H,27,32). The number of hydrogen-bond acceptors (Lipinski definition) is 7. The van der Waals surface area contributed by atoms with E-state index >= 15 is 0 Å². The molecule has 0 radical (unpaired) electrons. The van der Waals surface area contributed by atoms with Crippen molar-refractivity contribution in [1.29, 1.82) is 0 Å². The van der Waals surface area contributed by atoms with Crippen LogP contribution in [0.25, 0.3) is 0 Å². The molecule has 3 amide bonds. The van der Waals surface area contributed by atoms with Crippen molar-refractivity contribution >= 4 is 58.3 Å². The summed E-state index contributed by atoms with van der Waals surface area (Å²) in [6, 6.07) is 5.63. The SMILES string of the molecule is COC(=O)N1CCC2(C1)CN(C(=O)Cc1ncc(SCCCNC(=O)C3CC3)s1)c1ccc(Cl)cc12. The molecule has 1 aliphatic carbocycles. The molecule has 1 N–H and O–H groups in total. The maximum Gasteiger partial charge on any atom is 0.409 e. The van der Waals surface area contributed by atoms with Crippen molar-refractivity contribution in [3.05, 3.63) is 40.0 Å². The van der Waals surface area contributed by atoms with Gasteiger partial charge in [0.1, 0.15) is 5.01 Å². The molecule has 8 nitrogen and oxygen atoms in total. The molecule has 3 heterocycles. The van der Waals surface area contributed by atoms with Crippen LogP contribution in [0.15, 0.2) is 28.6 Å². The molecule has 2 fully saturated rings. The van der Waals surface area contributed by atoms with Gasteiger partial charge in [0.15, 0.2) is 0 Å². The number of aromatic nitrogens is 1. The molecule has 1 aromatic carbocycles. The molecular weight excluding hydrogens is 520 g/mol. The monoisotopic (exact) mass is 548 g/mol. The summed E-state index contributed by atoms with van der Waals surface area (Å²) in [4.78, 5) is 45.2. The lowest BCUT2D eigenvalue weighted by Gasteiger charge is -2.25. The minimum atomic E-state index is -0.349. The smallest absolute Gasteiger partial charge is 0.409 e. The van der Waals surface area contributed by atoms with E-state index in [4.69, 9.17) is 16.3 Å². The molecule has 1 saturated carbocycles. The summed E-state index contributed by atoms with van der Waals surface area (Å²) in [5, 5.41) is 4.39. The van der Waals surface area contributed by atoms with E-state index in [-0.39, 0.29) is 35.7 Å². The van der Waals surface area contributed by atoms with Gasteiger partial charge in [-0.3, -0.25) is 9.59 Å². The number of ether oxygens (including phenoxy) is 1. The lowest BCUT2D eigenvalue weighted by atomic mass is 9.81. The maximum atomic E-state index is 13.4. The molecule has 36 heavy (non-hydrogen) atoms. The first-order valence-corrected chi connectivity index (χ1v) is 14.3. The minimum Gasteiger partial charge on any atom is -0.453 e. The Labute approximate surface area is 223 Å². The van der Waals surface area contributed by atoms with Crippen molar-refractivity contribution in [1.82, 2.24) is 15.2 Å². The van der Waals surface area contributed by atoms with E-state index in [1.54, 1.807) is 34.1 Å². The van der Waals surface area contributed by atoms with Gasteiger partial charge in [-0.05, 0) is 49.4 Å². The lowest BCUT2D eigenvalue weighted by molar-refractivity contribution is -0.122. The van der Waals surface area contributed by atoms with E-state index in [0.717, 1.165) is 51.9 Å². The molecule has 1 unspecified atom stereocenters. The third kappa shape index (κ3) is 5.35. The van der Waals surface area contributed by atoms with Gasteiger partial charge in [0.05, 0.1) is 23.9 Å². The number of rotatable bonds is 8. The van der Waals surface area contributed by atoms with Crippen molar-refractivity contribution in [2.45, 2.75) is 41.7 Å². The van der Waals surface area contributed by atoms with Crippen LogP contribution in [-0.2, 0) is 26.2 Å². The van der Waals surface area contributed by atoms with Crippen LogP contribution in [0.5, 0.6) is 0 Å². The number of nitrogens with zero attached hydrogens (tertiary/aromatic N) is 3. The van der Waals surface area contributed by atoms with Crippen LogP contribution in [0, 0.1) is 5.92 Å². The Balaban J connectivity index is 1.19. The molecule has 11 heteroatoms. The van der Waals surface area contributed by atoms with Gasteiger partial charge in [0.25, 0.3) is 0 Å². The fourth-order valence-corrected chi connectivity index (χ4v) is 7.19. The van der Waals surface area contributed by atoms with E-state index in [1.807, 2.05) is 23.2 Å². The Morgan fingerprint density at radius 1 is 1.31 bits per heavy atom. The molecule has 3 aliphatic rings. The van der Waals surface area contributed by atoms with E-state index in [2.05, 4.69) is 10.3 Å². The van der Waals surface area contributed by atoms with Gasteiger partial charge < -0.3 is 19.9 Å². The summed E-state index contributed by atoms with van der Waals surface area (Å²) < 4.78 is 5.99. The molecule has 1 atom stereocenters. The van der Waals surface area contributed by atoms with Crippen LogP contribution >= 0.6 is 34.7 Å². The highest BCUT2D eigenvalue weighted by atomic mass is 35.5. The Bertz CT molecular complexity index is 1170. The first kappa shape index (κ1) is 25.4. The van der Waals surface area contributed by atoms with Crippen molar-refractivity contribution in [2.24, 2.45) is 5.92 Å². The van der Waals surface area contributed by atoms with Crippen LogP contribution < -0.4 is 10.2 Å². The molecule has 192 valence electrons. The summed E-state index contributed by atoms with van der Waals surface area (Å²) in [5.41, 5.74) is 1.53. The highest BCUT2D eigenvalue weighted by Gasteiger charge is 2.50. The number of likely N-dealkylation sites (tertiary alicyclic amines) is 1. The molecule has 1 spiro atoms. The normalized spacial score (nSPS) is 20.6. The number of anilines is 1. The van der Waals surface area contributed by atoms with Crippen molar-refractivity contribution in [3.8, 4) is 0 Å². The van der Waals surface area contributed by atoms with Gasteiger partial charge in [-0.2, -0.15) is 0 Å². The third-order valence-electron chi connectivity index (χ3n) is 7.02. The number of carbonyl (C=O) groups excluding carboxylic acids is 3. The Morgan fingerprint density at radius 2 is 2.14 bits per heavy atom. The lowest BCUT2D eigenvalue weighted by Crippen LogP contribution is -2.40. The summed E-state index contributed by atoms with van der Waals surface area (Å²) in [7, 11) is 1.39. The van der Waals surface area contributed by atoms with Crippen LogP contribution in [0.2, 0.25) is 5.02 Å². The number of thiazole rings is 1. The highest BCUT2D eigenvalue weighted by Crippen LogP contribution is 2.47. The number of carbonyl (C=O) groups is 3. The summed E-state index contributed by atoms with van der Waals surface area (Å²) in [6.45, 7) is 2.28. The van der Waals surface area contributed by atoms with Crippen molar-refractivity contribution in [3.63, 3.8) is 0 Å². The summed E-state index contributed by atoms with van der Waals surface area (Å²) in [6.07, 6.45) is 5.38. The number of thioether (sulfide) groups is 1. The summed E-state index contributed by atoms with van der Waals surface area (Å²) in [5.74, 6) is 1.30. The Morgan fingerprint density at radius 3 is 2.92 bits per heavy atom. The van der Waals surface area contributed by atoms with Gasteiger partial charge in [0, 0.05) is 54.0 Å². The zero-order chi connectivity index (χ0) is 25.3. The predicted octanol–water partition coefficient (Wildman–Crippen LogP) is 4.10. The number of benzene rings is 1. The first-order chi connectivity index (χ1) is 17.4. The number of fused-ring (bicyclic) bond motifs is 2. The zero-order valence-electron chi connectivity index (χ0n) is 20.1. The van der Waals surface area contributed by atoms with Crippen LogP contribution in [0.1, 0.15) is 36.3 Å². The van der Waals surface area contributed by atoms with Crippen molar-refractivity contribution < 1.29 is 19.1 Å². The average Bonchev–Trinajstić information content (AvgIpc) is 3.37. The Kier molecular flexibility index (Phi) is 7.46. The molecule has 0 bridgehead atoms. The molecular formula is C25H29ClN4O4S2. The molecule has 5 rings (SSSR count). The van der Waals surface area contributed by atoms with Gasteiger partial charge in [-0.1, -0.05) is 11.6 Å². The molecule has 1 saturated heterocycles.